The van der Waals surface area contributed by atoms with Crippen LogP contribution in [0.3, 0.4) is 0 Å². The second-order valence-corrected chi connectivity index (χ2v) is 9.69. The molecule has 2 rings (SSSR count). The number of nitrogens with one attached hydrogen (secondary N) is 1. The molecule has 2 N–H and O–H groups in total. The Hall–Kier alpha value is -1.44. The van der Waals surface area contributed by atoms with Crippen LogP contribution in [0.1, 0.15) is 45.6 Å². The zero-order valence-corrected chi connectivity index (χ0v) is 16.9. The van der Waals surface area contributed by atoms with E-state index in [1.54, 1.807) is 24.3 Å². The Labute approximate surface area is 156 Å². The van der Waals surface area contributed by atoms with Crippen molar-refractivity contribution in [2.45, 2.75) is 63.9 Å². The third kappa shape index (κ3) is 4.64. The molecule has 0 aliphatic carbocycles. The molecule has 0 bridgehead atoms. The third-order valence-corrected chi connectivity index (χ3v) is 6.90. The summed E-state index contributed by atoms with van der Waals surface area (Å²) < 4.78 is 28.3. The molecule has 7 heteroatoms. The maximum atomic E-state index is 12.8. The maximum absolute atomic E-state index is 12.8. The minimum absolute atomic E-state index is 0.00830. The summed E-state index contributed by atoms with van der Waals surface area (Å²) in [7, 11) is -3.69. The van der Waals surface area contributed by atoms with Gasteiger partial charge in [-0.15, -0.1) is 0 Å². The molecule has 1 aromatic rings. The average molecular weight is 384 g/mol. The molecule has 0 spiro atoms. The van der Waals surface area contributed by atoms with E-state index in [-0.39, 0.29) is 27.9 Å². The van der Waals surface area contributed by atoms with Gasteiger partial charge in [0, 0.05) is 12.8 Å². The minimum atomic E-state index is -3.69. The van der Waals surface area contributed by atoms with Crippen molar-refractivity contribution in [3.05, 3.63) is 29.8 Å². The first-order chi connectivity index (χ1) is 12.1. The van der Waals surface area contributed by atoms with Gasteiger partial charge in [0.05, 0.1) is 23.5 Å². The molecule has 1 fully saturated rings. The fourth-order valence-electron chi connectivity index (χ4n) is 3.90. The highest BCUT2D eigenvalue weighted by molar-refractivity contribution is 7.89. The first-order valence-electron chi connectivity index (χ1n) is 9.26. The monoisotopic (exact) mass is 383 g/mol. The number of quaternary nitrogens is 1. The molecule has 146 valence electrons. The van der Waals surface area contributed by atoms with Crippen LogP contribution in [0, 0.1) is 12.8 Å². The Balaban J connectivity index is 2.27. The van der Waals surface area contributed by atoms with Gasteiger partial charge in [-0.1, -0.05) is 31.5 Å². The molecule has 0 radical (unpaired) electrons. The van der Waals surface area contributed by atoms with E-state index in [4.69, 9.17) is 0 Å². The number of rotatable bonds is 7. The molecule has 26 heavy (non-hydrogen) atoms. The van der Waals surface area contributed by atoms with E-state index >= 15 is 0 Å². The topological polar surface area (TPSA) is 83.5 Å². The molecule has 1 aliphatic rings. The second kappa shape index (κ2) is 8.06. The van der Waals surface area contributed by atoms with Gasteiger partial charge in [-0.2, -0.15) is 4.79 Å². The number of hydrogen-bond acceptors (Lipinski definition) is 3. The summed E-state index contributed by atoms with van der Waals surface area (Å²) in [4.78, 5) is 12.2. The molecule has 1 amide bonds. The van der Waals surface area contributed by atoms with Crippen LogP contribution in [-0.4, -0.2) is 49.3 Å². The van der Waals surface area contributed by atoms with Crippen LogP contribution >= 0.6 is 0 Å². The lowest BCUT2D eigenvalue weighted by atomic mass is 10.0. The van der Waals surface area contributed by atoms with Crippen LogP contribution < -0.4 is 4.72 Å². The molecule has 1 aliphatic heterocycles. The van der Waals surface area contributed by atoms with Crippen LogP contribution in [0.15, 0.2) is 29.2 Å². The fraction of sp³-hybridized carbons (Fsp3) is 0.632. The molecule has 1 aromatic carbocycles. The quantitative estimate of drug-likeness (QED) is 0.707. The van der Waals surface area contributed by atoms with Crippen molar-refractivity contribution in [1.29, 1.82) is 0 Å². The lowest BCUT2D eigenvalue weighted by Crippen LogP contribution is -2.60. The standard InChI is InChI=1S/C19H30N2O4S/c1-14(2)12-17(13-21(19(22)23)11-5-6-16(21)4)20-26(24,25)18-9-7-15(3)8-10-18/h7-10,14,16-17,20H,5-6,11-13H2,1-4H3/p+1/t16-,17+,21?/m1/s1. The van der Waals surface area contributed by atoms with Gasteiger partial charge in [0.1, 0.15) is 6.54 Å². The molecule has 0 aromatic heterocycles. The first kappa shape index (κ1) is 20.9. The second-order valence-electron chi connectivity index (χ2n) is 7.97. The van der Waals surface area contributed by atoms with Crippen molar-refractivity contribution in [2.24, 2.45) is 5.92 Å². The highest BCUT2D eigenvalue weighted by Gasteiger charge is 2.48. The summed E-state index contributed by atoms with van der Waals surface area (Å²) in [5, 5.41) is 9.86. The summed E-state index contributed by atoms with van der Waals surface area (Å²) in [6.45, 7) is 8.72. The summed E-state index contributed by atoms with van der Waals surface area (Å²) in [5.74, 6) is 0.257. The lowest BCUT2D eigenvalue weighted by Gasteiger charge is -2.36. The van der Waals surface area contributed by atoms with Crippen molar-refractivity contribution in [1.82, 2.24) is 4.72 Å². The van der Waals surface area contributed by atoms with E-state index in [1.165, 1.54) is 0 Å². The van der Waals surface area contributed by atoms with Crippen LogP contribution in [0.2, 0.25) is 0 Å². The van der Waals surface area contributed by atoms with E-state index in [2.05, 4.69) is 4.72 Å². The van der Waals surface area contributed by atoms with E-state index in [0.717, 1.165) is 18.4 Å². The molecular formula is C19H31N2O4S+. The van der Waals surface area contributed by atoms with Gasteiger partial charge in [-0.25, -0.2) is 17.6 Å². The van der Waals surface area contributed by atoms with Gasteiger partial charge >= 0.3 is 6.09 Å². The van der Waals surface area contributed by atoms with E-state index in [9.17, 15) is 18.3 Å². The van der Waals surface area contributed by atoms with E-state index in [1.807, 2.05) is 27.7 Å². The Bertz CT molecular complexity index is 730. The third-order valence-electron chi connectivity index (χ3n) is 5.36. The first-order valence-corrected chi connectivity index (χ1v) is 10.7. The molecule has 3 atom stereocenters. The van der Waals surface area contributed by atoms with Crippen molar-refractivity contribution in [3.8, 4) is 0 Å². The smallest absolute Gasteiger partial charge is 0.435 e. The number of carboxylic acid groups (broad SMARTS) is 1. The number of amides is 1. The SMILES string of the molecule is Cc1ccc(S(=O)(=O)N[C@@H](CC(C)C)C[N+]2(C(=O)O)CCC[C@H]2C)cc1. The van der Waals surface area contributed by atoms with Gasteiger partial charge in [-0.05, 0) is 38.3 Å². The molecule has 1 unspecified atom stereocenters. The number of benzene rings is 1. The largest absolute Gasteiger partial charge is 0.513 e. The van der Waals surface area contributed by atoms with Gasteiger partial charge < -0.3 is 5.11 Å². The van der Waals surface area contributed by atoms with Crippen LogP contribution in [0.25, 0.3) is 0 Å². The highest BCUT2D eigenvalue weighted by Crippen LogP contribution is 2.29. The van der Waals surface area contributed by atoms with Gasteiger partial charge in [0.2, 0.25) is 10.0 Å². The number of carbonyl (C=O) groups is 1. The number of sulfonamides is 1. The van der Waals surface area contributed by atoms with Crippen molar-refractivity contribution < 1.29 is 22.8 Å². The Morgan fingerprint density at radius 2 is 1.92 bits per heavy atom. The van der Waals surface area contributed by atoms with Crippen LogP contribution in [0.4, 0.5) is 4.79 Å². The predicted octanol–water partition coefficient (Wildman–Crippen LogP) is 3.37. The average Bonchev–Trinajstić information content (AvgIpc) is 2.88. The Morgan fingerprint density at radius 1 is 1.31 bits per heavy atom. The van der Waals surface area contributed by atoms with Gasteiger partial charge in [0.25, 0.3) is 0 Å². The van der Waals surface area contributed by atoms with E-state index in [0.29, 0.717) is 13.0 Å². The van der Waals surface area contributed by atoms with Crippen molar-refractivity contribution in [3.63, 3.8) is 0 Å². The normalized spacial score (nSPS) is 24.7. The zero-order chi connectivity index (χ0) is 19.5. The Morgan fingerprint density at radius 3 is 2.38 bits per heavy atom. The fourth-order valence-corrected chi connectivity index (χ4v) is 5.14. The summed E-state index contributed by atoms with van der Waals surface area (Å²) >= 11 is 0. The number of aryl methyl sites for hydroxylation is 1. The zero-order valence-electron chi connectivity index (χ0n) is 16.1. The summed E-state index contributed by atoms with van der Waals surface area (Å²) in [5.41, 5.74) is 0.990. The molecule has 1 saturated heterocycles. The maximum Gasteiger partial charge on any atom is 0.513 e. The number of likely N-dealkylation sites (tertiary alicyclic amines) is 1. The molecule has 1 heterocycles. The van der Waals surface area contributed by atoms with E-state index < -0.39 is 22.2 Å². The number of hydrogen-bond donors (Lipinski definition) is 2. The predicted molar refractivity (Wildman–Crippen MR) is 101 cm³/mol. The molecule has 6 nitrogen and oxygen atoms in total. The van der Waals surface area contributed by atoms with Crippen molar-refractivity contribution >= 4 is 16.1 Å². The van der Waals surface area contributed by atoms with Gasteiger partial charge in [0.15, 0.2) is 0 Å². The Kier molecular flexibility index (Phi) is 6.47. The van der Waals surface area contributed by atoms with Crippen LogP contribution in [0.5, 0.6) is 0 Å². The summed E-state index contributed by atoms with van der Waals surface area (Å²) in [6, 6.07) is 6.28. The van der Waals surface area contributed by atoms with Crippen LogP contribution in [-0.2, 0) is 10.0 Å². The summed E-state index contributed by atoms with van der Waals surface area (Å²) in [6.07, 6.45) is 1.45. The molecular weight excluding hydrogens is 352 g/mol. The number of nitrogens with zero attached hydrogens (tertiary/aromatic N) is 1. The van der Waals surface area contributed by atoms with Crippen molar-refractivity contribution in [2.75, 3.05) is 13.1 Å². The lowest BCUT2D eigenvalue weighted by molar-refractivity contribution is -0.868. The van der Waals surface area contributed by atoms with Gasteiger partial charge in [-0.3, -0.25) is 0 Å². The minimum Gasteiger partial charge on any atom is -0.435 e. The molecule has 0 saturated carbocycles. The highest BCUT2D eigenvalue weighted by atomic mass is 32.2.